The molecule has 1 saturated carbocycles. The van der Waals surface area contributed by atoms with Crippen molar-refractivity contribution in [3.05, 3.63) is 28.3 Å². The van der Waals surface area contributed by atoms with Gasteiger partial charge < -0.3 is 4.90 Å². The molecule has 1 aromatic carbocycles. The zero-order chi connectivity index (χ0) is 24.7. The highest BCUT2D eigenvalue weighted by Gasteiger charge is 2.36. The molecule has 0 unspecified atom stereocenters. The van der Waals surface area contributed by atoms with Gasteiger partial charge in [0, 0.05) is 44.0 Å². The van der Waals surface area contributed by atoms with Crippen molar-refractivity contribution < 1.29 is 18.1 Å². The maximum atomic E-state index is 13.7. The number of carbonyl (C=O) groups excluding carboxylic acids is 1. The molecule has 34 heavy (non-hydrogen) atoms. The molecule has 1 atom stereocenters. The Morgan fingerprint density at radius 2 is 1.85 bits per heavy atom. The van der Waals surface area contributed by atoms with E-state index in [0.29, 0.717) is 25.9 Å². The van der Waals surface area contributed by atoms with Crippen LogP contribution in [0.3, 0.4) is 0 Å². The average Bonchev–Trinajstić information content (AvgIpc) is 3.12. The fourth-order valence-electron chi connectivity index (χ4n) is 4.61. The number of non-ortho nitro benzene ring substituents is 1. The Kier molecular flexibility index (Phi) is 9.01. The topological polar surface area (TPSA) is 125 Å². The average molecular weight is 494 g/mol. The minimum absolute atomic E-state index is 0.0537. The SMILES string of the molecule is CCN(CC)C(=O)[C@H]1CCCN(S(=O)(=O)c2cc([N+](=O)[O-])ccc2NN=C2CCCCCC2)C1. The van der Waals surface area contributed by atoms with Gasteiger partial charge in [-0.15, -0.1) is 0 Å². The van der Waals surface area contributed by atoms with Crippen LogP contribution < -0.4 is 5.43 Å². The van der Waals surface area contributed by atoms with Gasteiger partial charge in [0.25, 0.3) is 5.69 Å². The number of nitrogens with zero attached hydrogens (tertiary/aromatic N) is 4. The van der Waals surface area contributed by atoms with Gasteiger partial charge in [0.05, 0.1) is 16.5 Å². The molecule has 0 aromatic heterocycles. The molecular weight excluding hydrogens is 458 g/mol. The number of piperidine rings is 1. The fourth-order valence-corrected chi connectivity index (χ4v) is 6.30. The number of hydrogen-bond donors (Lipinski definition) is 1. The Morgan fingerprint density at radius 3 is 2.47 bits per heavy atom. The van der Waals surface area contributed by atoms with Crippen LogP contribution >= 0.6 is 0 Å². The number of hydrazone groups is 1. The predicted octanol–water partition coefficient (Wildman–Crippen LogP) is 3.99. The highest BCUT2D eigenvalue weighted by molar-refractivity contribution is 7.89. The van der Waals surface area contributed by atoms with E-state index in [9.17, 15) is 23.3 Å². The summed E-state index contributed by atoms with van der Waals surface area (Å²) in [6.45, 7) is 5.26. The van der Waals surface area contributed by atoms with E-state index in [4.69, 9.17) is 0 Å². The number of nitrogens with one attached hydrogen (secondary N) is 1. The summed E-state index contributed by atoms with van der Waals surface area (Å²) in [4.78, 5) is 25.2. The van der Waals surface area contributed by atoms with E-state index in [1.165, 1.54) is 16.4 Å². The largest absolute Gasteiger partial charge is 0.343 e. The Balaban J connectivity index is 1.90. The van der Waals surface area contributed by atoms with E-state index in [1.807, 2.05) is 13.8 Å². The third-order valence-electron chi connectivity index (χ3n) is 6.62. The second-order valence-electron chi connectivity index (χ2n) is 8.85. The zero-order valence-corrected chi connectivity index (χ0v) is 20.8. The molecule has 1 heterocycles. The van der Waals surface area contributed by atoms with Gasteiger partial charge in [0.2, 0.25) is 15.9 Å². The molecule has 11 heteroatoms. The monoisotopic (exact) mass is 493 g/mol. The van der Waals surface area contributed by atoms with Crippen molar-refractivity contribution in [2.75, 3.05) is 31.6 Å². The number of sulfonamides is 1. The van der Waals surface area contributed by atoms with Crippen LogP contribution in [0.25, 0.3) is 0 Å². The van der Waals surface area contributed by atoms with Crippen LogP contribution in [0.15, 0.2) is 28.2 Å². The number of carbonyl (C=O) groups is 1. The van der Waals surface area contributed by atoms with Crippen molar-refractivity contribution in [3.8, 4) is 0 Å². The van der Waals surface area contributed by atoms with Crippen LogP contribution in [0, 0.1) is 16.0 Å². The number of hydrogen-bond acceptors (Lipinski definition) is 7. The molecule has 1 saturated heterocycles. The van der Waals surface area contributed by atoms with Crippen molar-refractivity contribution in [1.82, 2.24) is 9.21 Å². The quantitative estimate of drug-likeness (QED) is 0.332. The first kappa shape index (κ1) is 26.1. The summed E-state index contributed by atoms with van der Waals surface area (Å²) >= 11 is 0. The van der Waals surface area contributed by atoms with Gasteiger partial charge in [-0.3, -0.25) is 20.3 Å². The van der Waals surface area contributed by atoms with Gasteiger partial charge in [-0.2, -0.15) is 9.41 Å². The normalized spacial score (nSPS) is 19.8. The predicted molar refractivity (Wildman–Crippen MR) is 131 cm³/mol. The number of anilines is 1. The number of nitro groups is 1. The molecule has 2 aliphatic rings. The van der Waals surface area contributed by atoms with Gasteiger partial charge >= 0.3 is 0 Å². The number of rotatable bonds is 8. The minimum atomic E-state index is -4.09. The van der Waals surface area contributed by atoms with Crippen LogP contribution in [0.4, 0.5) is 11.4 Å². The summed E-state index contributed by atoms with van der Waals surface area (Å²) in [6, 6.07) is 3.76. The Hall–Kier alpha value is -2.53. The molecule has 3 rings (SSSR count). The summed E-state index contributed by atoms with van der Waals surface area (Å²) in [5.74, 6) is -0.480. The number of amides is 1. The first-order chi connectivity index (χ1) is 16.3. The van der Waals surface area contributed by atoms with Gasteiger partial charge in [-0.1, -0.05) is 12.8 Å². The summed E-state index contributed by atoms with van der Waals surface area (Å²) < 4.78 is 28.6. The number of benzene rings is 1. The van der Waals surface area contributed by atoms with Gasteiger partial charge in [0.15, 0.2) is 0 Å². The molecular formula is C23H35N5O5S. The van der Waals surface area contributed by atoms with Crippen LogP contribution in [0.5, 0.6) is 0 Å². The molecule has 1 aliphatic carbocycles. The summed E-state index contributed by atoms with van der Waals surface area (Å²) in [7, 11) is -4.09. The molecule has 2 fully saturated rings. The Labute approximate surface area is 201 Å². The van der Waals surface area contributed by atoms with Gasteiger partial charge in [-0.05, 0) is 58.4 Å². The summed E-state index contributed by atoms with van der Waals surface area (Å²) in [6.07, 6.45) is 7.26. The van der Waals surface area contributed by atoms with E-state index in [-0.39, 0.29) is 35.3 Å². The van der Waals surface area contributed by atoms with Crippen molar-refractivity contribution in [2.24, 2.45) is 11.0 Å². The van der Waals surface area contributed by atoms with E-state index in [0.717, 1.165) is 50.3 Å². The van der Waals surface area contributed by atoms with Crippen molar-refractivity contribution >= 4 is 33.0 Å². The Bertz CT molecular complexity index is 1010. The molecule has 1 aromatic rings. The van der Waals surface area contributed by atoms with Crippen LogP contribution in [-0.2, 0) is 14.8 Å². The molecule has 0 radical (unpaired) electrons. The van der Waals surface area contributed by atoms with Gasteiger partial charge in [0.1, 0.15) is 4.90 Å². The third-order valence-corrected chi connectivity index (χ3v) is 8.52. The molecule has 0 spiro atoms. The maximum absolute atomic E-state index is 13.7. The molecule has 1 N–H and O–H groups in total. The Morgan fingerprint density at radius 1 is 1.18 bits per heavy atom. The van der Waals surface area contributed by atoms with E-state index in [2.05, 4.69) is 10.5 Å². The lowest BCUT2D eigenvalue weighted by molar-refractivity contribution is -0.385. The van der Waals surface area contributed by atoms with E-state index < -0.39 is 20.9 Å². The highest BCUT2D eigenvalue weighted by atomic mass is 32.2. The first-order valence-corrected chi connectivity index (χ1v) is 13.6. The highest BCUT2D eigenvalue weighted by Crippen LogP contribution is 2.32. The lowest BCUT2D eigenvalue weighted by atomic mass is 9.98. The summed E-state index contributed by atoms with van der Waals surface area (Å²) in [5, 5.41) is 15.8. The smallest absolute Gasteiger partial charge is 0.270 e. The van der Waals surface area contributed by atoms with E-state index in [1.54, 1.807) is 4.90 Å². The second kappa shape index (κ2) is 11.7. The van der Waals surface area contributed by atoms with Crippen LogP contribution in [0.1, 0.15) is 65.2 Å². The van der Waals surface area contributed by atoms with Crippen molar-refractivity contribution in [1.29, 1.82) is 0 Å². The second-order valence-corrected chi connectivity index (χ2v) is 10.8. The molecule has 10 nitrogen and oxygen atoms in total. The molecule has 1 amide bonds. The van der Waals surface area contributed by atoms with Crippen LogP contribution in [0.2, 0.25) is 0 Å². The molecule has 1 aliphatic heterocycles. The van der Waals surface area contributed by atoms with Crippen LogP contribution in [-0.4, -0.2) is 60.3 Å². The lowest BCUT2D eigenvalue weighted by Gasteiger charge is -2.34. The van der Waals surface area contributed by atoms with Crippen molar-refractivity contribution in [3.63, 3.8) is 0 Å². The zero-order valence-electron chi connectivity index (χ0n) is 20.0. The van der Waals surface area contributed by atoms with Gasteiger partial charge in [-0.25, -0.2) is 8.42 Å². The molecule has 188 valence electrons. The first-order valence-electron chi connectivity index (χ1n) is 12.2. The minimum Gasteiger partial charge on any atom is -0.343 e. The molecule has 0 bridgehead atoms. The van der Waals surface area contributed by atoms with Crippen molar-refractivity contribution in [2.45, 2.75) is 70.1 Å². The summed E-state index contributed by atoms with van der Waals surface area (Å²) in [5.41, 5.74) is 3.75. The number of nitro benzene ring substituents is 1. The lowest BCUT2D eigenvalue weighted by Crippen LogP contribution is -2.46. The third kappa shape index (κ3) is 6.12. The standard InChI is InChI=1S/C23H35N5O5S/c1-3-26(4-2)23(29)18-10-9-15-27(17-18)34(32,33)22-16-20(28(30)31)13-14-21(22)25-24-19-11-7-5-6-8-12-19/h13-14,16,18,25H,3-12,15,17H2,1-2H3/t18-/m0/s1. The fraction of sp³-hybridized carbons (Fsp3) is 0.652. The maximum Gasteiger partial charge on any atom is 0.270 e. The van der Waals surface area contributed by atoms with E-state index >= 15 is 0 Å².